The second-order valence-electron chi connectivity index (χ2n) is 7.16. The van der Waals surface area contributed by atoms with Gasteiger partial charge in [0.15, 0.2) is 5.96 Å². The topological polar surface area (TPSA) is 39.7 Å². The van der Waals surface area contributed by atoms with Gasteiger partial charge < -0.3 is 15.5 Å². The van der Waals surface area contributed by atoms with Crippen LogP contribution in [0.1, 0.15) is 43.7 Å². The Kier molecular flexibility index (Phi) is 7.57. The van der Waals surface area contributed by atoms with Crippen LogP contribution in [-0.4, -0.2) is 50.6 Å². The monoisotopic (exact) mass is 330 g/mol. The quantitative estimate of drug-likeness (QED) is 0.622. The number of rotatable bonds is 6. The van der Waals surface area contributed by atoms with E-state index in [0.29, 0.717) is 5.92 Å². The van der Waals surface area contributed by atoms with Gasteiger partial charge in [0, 0.05) is 25.6 Å². The van der Waals surface area contributed by atoms with Gasteiger partial charge in [0.25, 0.3) is 0 Å². The number of guanidine groups is 1. The van der Waals surface area contributed by atoms with Crippen molar-refractivity contribution in [3.63, 3.8) is 0 Å². The predicted molar refractivity (Wildman–Crippen MR) is 104 cm³/mol. The number of aliphatic imine (C=N–C) groups is 1. The molecule has 1 saturated heterocycles. The molecule has 0 aliphatic carbocycles. The molecule has 4 heteroatoms. The molecule has 0 amide bonds. The van der Waals surface area contributed by atoms with Gasteiger partial charge in [-0.2, -0.15) is 0 Å². The van der Waals surface area contributed by atoms with E-state index < -0.39 is 0 Å². The van der Waals surface area contributed by atoms with Crippen LogP contribution < -0.4 is 10.6 Å². The molecule has 1 atom stereocenters. The Labute approximate surface area is 147 Å². The smallest absolute Gasteiger partial charge is 0.191 e. The summed E-state index contributed by atoms with van der Waals surface area (Å²) in [7, 11) is 2.21. The Hall–Kier alpha value is -1.55. The van der Waals surface area contributed by atoms with Gasteiger partial charge >= 0.3 is 0 Å². The van der Waals surface area contributed by atoms with Crippen molar-refractivity contribution in [2.75, 3.05) is 39.8 Å². The Balaban J connectivity index is 1.84. The molecular formula is C20H34N4. The SMILES string of the molecule is CCNC(=NCC(C)c1ccc(C)cc1)NCC1CCN(C)CC1. The molecule has 1 heterocycles. The van der Waals surface area contributed by atoms with E-state index in [1.165, 1.54) is 37.1 Å². The van der Waals surface area contributed by atoms with Crippen LogP contribution in [0.3, 0.4) is 0 Å². The van der Waals surface area contributed by atoms with Gasteiger partial charge in [-0.25, -0.2) is 0 Å². The fourth-order valence-electron chi connectivity index (χ4n) is 3.08. The molecule has 0 radical (unpaired) electrons. The molecule has 2 rings (SSSR count). The lowest BCUT2D eigenvalue weighted by Crippen LogP contribution is -2.42. The molecule has 2 N–H and O–H groups in total. The van der Waals surface area contributed by atoms with E-state index in [4.69, 9.17) is 4.99 Å². The highest BCUT2D eigenvalue weighted by atomic mass is 15.2. The Morgan fingerprint density at radius 2 is 1.88 bits per heavy atom. The predicted octanol–water partition coefficient (Wildman–Crippen LogP) is 3.00. The first-order valence-corrected chi connectivity index (χ1v) is 9.35. The second-order valence-corrected chi connectivity index (χ2v) is 7.16. The number of likely N-dealkylation sites (tertiary alicyclic amines) is 1. The molecule has 1 aliphatic rings. The van der Waals surface area contributed by atoms with Crippen LogP contribution in [0.4, 0.5) is 0 Å². The summed E-state index contributed by atoms with van der Waals surface area (Å²) in [5, 5.41) is 6.92. The van der Waals surface area contributed by atoms with Crippen LogP contribution in [0, 0.1) is 12.8 Å². The van der Waals surface area contributed by atoms with Gasteiger partial charge in [0.2, 0.25) is 0 Å². The van der Waals surface area contributed by atoms with Crippen molar-refractivity contribution in [3.05, 3.63) is 35.4 Å². The summed E-state index contributed by atoms with van der Waals surface area (Å²) in [6.07, 6.45) is 2.56. The third kappa shape index (κ3) is 6.16. The van der Waals surface area contributed by atoms with Crippen LogP contribution in [0.25, 0.3) is 0 Å². The van der Waals surface area contributed by atoms with E-state index in [-0.39, 0.29) is 0 Å². The first-order chi connectivity index (χ1) is 11.6. The number of benzene rings is 1. The zero-order valence-corrected chi connectivity index (χ0v) is 15.8. The van der Waals surface area contributed by atoms with Crippen LogP contribution in [0.5, 0.6) is 0 Å². The molecule has 1 aromatic rings. The molecule has 24 heavy (non-hydrogen) atoms. The van der Waals surface area contributed by atoms with Gasteiger partial charge in [-0.05, 0) is 58.3 Å². The van der Waals surface area contributed by atoms with Crippen molar-refractivity contribution in [2.45, 2.75) is 39.5 Å². The lowest BCUT2D eigenvalue weighted by molar-refractivity contribution is 0.220. The summed E-state index contributed by atoms with van der Waals surface area (Å²) >= 11 is 0. The largest absolute Gasteiger partial charge is 0.357 e. The van der Waals surface area contributed by atoms with Crippen molar-refractivity contribution in [3.8, 4) is 0 Å². The van der Waals surface area contributed by atoms with Gasteiger partial charge in [-0.3, -0.25) is 4.99 Å². The maximum atomic E-state index is 4.80. The highest BCUT2D eigenvalue weighted by molar-refractivity contribution is 5.79. The molecule has 0 aromatic heterocycles. The Morgan fingerprint density at radius 1 is 1.21 bits per heavy atom. The summed E-state index contributed by atoms with van der Waals surface area (Å²) < 4.78 is 0. The van der Waals surface area contributed by atoms with Crippen LogP contribution >= 0.6 is 0 Å². The summed E-state index contributed by atoms with van der Waals surface area (Å²) in [5.74, 6) is 2.15. The number of hydrogen-bond acceptors (Lipinski definition) is 2. The van der Waals surface area contributed by atoms with E-state index in [1.54, 1.807) is 0 Å². The number of aryl methyl sites for hydroxylation is 1. The Bertz CT molecular complexity index is 501. The van der Waals surface area contributed by atoms with Crippen LogP contribution in [0.2, 0.25) is 0 Å². The molecule has 0 spiro atoms. The normalized spacial score (nSPS) is 18.4. The fraction of sp³-hybridized carbons (Fsp3) is 0.650. The van der Waals surface area contributed by atoms with Gasteiger partial charge in [0.1, 0.15) is 0 Å². The maximum Gasteiger partial charge on any atom is 0.191 e. The van der Waals surface area contributed by atoms with Crippen molar-refractivity contribution in [2.24, 2.45) is 10.9 Å². The van der Waals surface area contributed by atoms with Crippen molar-refractivity contribution in [1.29, 1.82) is 0 Å². The molecule has 4 nitrogen and oxygen atoms in total. The van der Waals surface area contributed by atoms with Gasteiger partial charge in [-0.1, -0.05) is 36.8 Å². The van der Waals surface area contributed by atoms with E-state index >= 15 is 0 Å². The van der Waals surface area contributed by atoms with Gasteiger partial charge in [-0.15, -0.1) is 0 Å². The molecule has 1 aromatic carbocycles. The molecule has 0 bridgehead atoms. The Morgan fingerprint density at radius 3 is 2.50 bits per heavy atom. The third-order valence-corrected chi connectivity index (χ3v) is 4.91. The molecular weight excluding hydrogens is 296 g/mol. The number of nitrogens with one attached hydrogen (secondary N) is 2. The average molecular weight is 331 g/mol. The van der Waals surface area contributed by atoms with E-state index in [1.807, 2.05) is 0 Å². The lowest BCUT2D eigenvalue weighted by Gasteiger charge is -2.29. The van der Waals surface area contributed by atoms with Crippen molar-refractivity contribution < 1.29 is 0 Å². The highest BCUT2D eigenvalue weighted by Crippen LogP contribution is 2.16. The summed E-state index contributed by atoms with van der Waals surface area (Å²) in [6, 6.07) is 8.79. The summed E-state index contributed by atoms with van der Waals surface area (Å²) in [5.41, 5.74) is 2.66. The first-order valence-electron chi connectivity index (χ1n) is 9.35. The third-order valence-electron chi connectivity index (χ3n) is 4.91. The van der Waals surface area contributed by atoms with Crippen LogP contribution in [0.15, 0.2) is 29.3 Å². The molecule has 1 fully saturated rings. The zero-order chi connectivity index (χ0) is 17.4. The lowest BCUT2D eigenvalue weighted by atomic mass is 9.97. The first kappa shape index (κ1) is 18.8. The maximum absolute atomic E-state index is 4.80. The second kappa shape index (κ2) is 9.67. The van der Waals surface area contributed by atoms with Crippen molar-refractivity contribution in [1.82, 2.24) is 15.5 Å². The van der Waals surface area contributed by atoms with Crippen LogP contribution in [-0.2, 0) is 0 Å². The highest BCUT2D eigenvalue weighted by Gasteiger charge is 2.16. The van der Waals surface area contributed by atoms with Gasteiger partial charge in [0.05, 0.1) is 0 Å². The summed E-state index contributed by atoms with van der Waals surface area (Å²) in [4.78, 5) is 7.21. The standard InChI is InChI=1S/C20H34N4/c1-5-21-20(23-15-18-10-12-24(4)13-11-18)22-14-17(3)19-8-6-16(2)7-9-19/h6-9,17-18H,5,10-15H2,1-4H3,(H2,21,22,23). The minimum Gasteiger partial charge on any atom is -0.357 e. The molecule has 1 unspecified atom stereocenters. The van der Waals surface area contributed by atoms with Crippen molar-refractivity contribution >= 4 is 5.96 Å². The number of nitrogens with zero attached hydrogens (tertiary/aromatic N) is 2. The van der Waals surface area contributed by atoms with E-state index in [9.17, 15) is 0 Å². The van der Waals surface area contributed by atoms with E-state index in [2.05, 4.69) is 67.6 Å². The fourth-order valence-corrected chi connectivity index (χ4v) is 3.08. The zero-order valence-electron chi connectivity index (χ0n) is 15.8. The minimum absolute atomic E-state index is 0.435. The average Bonchev–Trinajstić information content (AvgIpc) is 2.59. The molecule has 0 saturated carbocycles. The molecule has 134 valence electrons. The molecule has 1 aliphatic heterocycles. The van der Waals surface area contributed by atoms with E-state index in [0.717, 1.165) is 31.5 Å². The summed E-state index contributed by atoms with van der Waals surface area (Å²) in [6.45, 7) is 11.7. The minimum atomic E-state index is 0.435. The number of piperidine rings is 1. The number of hydrogen-bond donors (Lipinski definition) is 2.